The van der Waals surface area contributed by atoms with Crippen molar-refractivity contribution in [1.82, 2.24) is 0 Å². The molecule has 2 heteroatoms. The lowest BCUT2D eigenvalue weighted by molar-refractivity contribution is 0.510. The number of rotatable bonds is 3. The maximum absolute atomic E-state index is 6.37. The Morgan fingerprint density at radius 3 is 2.67 bits per heavy atom. The van der Waals surface area contributed by atoms with Crippen LogP contribution in [0.3, 0.4) is 0 Å². The molecular weight excluding hydrogens is 256 g/mol. The van der Waals surface area contributed by atoms with E-state index in [2.05, 4.69) is 67.3 Å². The molecule has 2 aromatic rings. The van der Waals surface area contributed by atoms with Gasteiger partial charge in [0.1, 0.15) is 0 Å². The molecule has 0 aromatic heterocycles. The third-order valence-electron chi connectivity index (χ3n) is 4.36. The van der Waals surface area contributed by atoms with Crippen molar-refractivity contribution in [3.05, 3.63) is 65.2 Å². The zero-order valence-corrected chi connectivity index (χ0v) is 12.9. The van der Waals surface area contributed by atoms with Crippen LogP contribution in [0.1, 0.15) is 36.1 Å². The van der Waals surface area contributed by atoms with Gasteiger partial charge in [-0.3, -0.25) is 0 Å². The second-order valence-electron chi connectivity index (χ2n) is 6.14. The minimum absolute atomic E-state index is 0.0953. The molecule has 0 bridgehead atoms. The van der Waals surface area contributed by atoms with Crippen molar-refractivity contribution in [2.45, 2.75) is 38.8 Å². The summed E-state index contributed by atoms with van der Waals surface area (Å²) in [6.07, 6.45) is 2.37. The van der Waals surface area contributed by atoms with Gasteiger partial charge < -0.3 is 10.6 Å². The van der Waals surface area contributed by atoms with Gasteiger partial charge in [0.15, 0.2) is 0 Å². The molecule has 0 amide bonds. The van der Waals surface area contributed by atoms with Gasteiger partial charge in [-0.15, -0.1) is 0 Å². The Hall–Kier alpha value is -1.80. The fourth-order valence-electron chi connectivity index (χ4n) is 3.47. The summed E-state index contributed by atoms with van der Waals surface area (Å²) in [6.45, 7) is 5.34. The molecule has 2 nitrogen and oxygen atoms in total. The Morgan fingerprint density at radius 1 is 1.10 bits per heavy atom. The molecule has 2 unspecified atom stereocenters. The molecule has 1 heterocycles. The Balaban J connectivity index is 2.03. The van der Waals surface area contributed by atoms with Gasteiger partial charge in [-0.2, -0.15) is 0 Å². The van der Waals surface area contributed by atoms with Crippen LogP contribution in [0.5, 0.6) is 0 Å². The highest BCUT2D eigenvalue weighted by Gasteiger charge is 2.27. The maximum Gasteiger partial charge on any atom is 0.0690 e. The first-order chi connectivity index (χ1) is 10.2. The quantitative estimate of drug-likeness (QED) is 0.925. The molecule has 1 aliphatic rings. The summed E-state index contributed by atoms with van der Waals surface area (Å²) in [4.78, 5) is 2.50. The zero-order valence-electron chi connectivity index (χ0n) is 12.9. The van der Waals surface area contributed by atoms with E-state index in [4.69, 9.17) is 5.73 Å². The monoisotopic (exact) mass is 280 g/mol. The SMILES string of the molecule is Cc1cccc(C(C(C)N)N2CCCc3ccccc32)c1. The van der Waals surface area contributed by atoms with E-state index in [0.717, 1.165) is 6.54 Å². The highest BCUT2D eigenvalue weighted by molar-refractivity contribution is 5.57. The van der Waals surface area contributed by atoms with Crippen molar-refractivity contribution in [2.24, 2.45) is 5.73 Å². The van der Waals surface area contributed by atoms with Crippen LogP contribution in [0.2, 0.25) is 0 Å². The lowest BCUT2D eigenvalue weighted by Crippen LogP contribution is -2.42. The largest absolute Gasteiger partial charge is 0.363 e. The van der Waals surface area contributed by atoms with Gasteiger partial charge in [-0.1, -0.05) is 48.0 Å². The van der Waals surface area contributed by atoms with Crippen LogP contribution < -0.4 is 10.6 Å². The van der Waals surface area contributed by atoms with E-state index < -0.39 is 0 Å². The second-order valence-corrected chi connectivity index (χ2v) is 6.14. The number of hydrogen-bond acceptors (Lipinski definition) is 2. The molecule has 0 aliphatic carbocycles. The number of fused-ring (bicyclic) bond motifs is 1. The topological polar surface area (TPSA) is 29.3 Å². The zero-order chi connectivity index (χ0) is 14.8. The first-order valence-electron chi connectivity index (χ1n) is 7.83. The third-order valence-corrected chi connectivity index (χ3v) is 4.36. The maximum atomic E-state index is 6.37. The van der Waals surface area contributed by atoms with Gasteiger partial charge in [-0.05, 0) is 43.9 Å². The highest BCUT2D eigenvalue weighted by Crippen LogP contribution is 2.35. The molecule has 0 radical (unpaired) electrons. The van der Waals surface area contributed by atoms with Crippen LogP contribution in [0.25, 0.3) is 0 Å². The van der Waals surface area contributed by atoms with Crippen LogP contribution in [-0.2, 0) is 6.42 Å². The third kappa shape index (κ3) is 2.81. The number of aryl methyl sites for hydroxylation is 2. The van der Waals surface area contributed by atoms with Gasteiger partial charge in [0.05, 0.1) is 6.04 Å². The van der Waals surface area contributed by atoms with Crippen LogP contribution >= 0.6 is 0 Å². The number of anilines is 1. The molecule has 2 atom stereocenters. The van der Waals surface area contributed by atoms with E-state index in [1.807, 2.05) is 0 Å². The molecule has 110 valence electrons. The Bertz CT molecular complexity index is 618. The molecule has 0 spiro atoms. The van der Waals surface area contributed by atoms with Gasteiger partial charge >= 0.3 is 0 Å². The number of hydrogen-bond donors (Lipinski definition) is 1. The van der Waals surface area contributed by atoms with Crippen LogP contribution in [-0.4, -0.2) is 12.6 Å². The Labute approximate surface area is 127 Å². The normalized spacial score (nSPS) is 17.2. The number of nitrogens with two attached hydrogens (primary N) is 1. The molecule has 0 saturated carbocycles. The van der Waals surface area contributed by atoms with E-state index in [1.54, 1.807) is 0 Å². The number of nitrogens with zero attached hydrogens (tertiary/aromatic N) is 1. The van der Waals surface area contributed by atoms with Gasteiger partial charge in [-0.25, -0.2) is 0 Å². The fourth-order valence-corrected chi connectivity index (χ4v) is 3.47. The van der Waals surface area contributed by atoms with E-state index in [0.29, 0.717) is 0 Å². The smallest absolute Gasteiger partial charge is 0.0690 e. The van der Waals surface area contributed by atoms with Crippen LogP contribution in [0.4, 0.5) is 5.69 Å². The predicted octanol–water partition coefficient (Wildman–Crippen LogP) is 3.84. The summed E-state index contributed by atoms with van der Waals surface area (Å²) in [5.41, 5.74) is 11.8. The van der Waals surface area contributed by atoms with Crippen LogP contribution in [0, 0.1) is 6.92 Å². The van der Waals surface area contributed by atoms with E-state index in [9.17, 15) is 0 Å². The standard InChI is InChI=1S/C19H24N2/c1-14-7-5-9-17(13-14)19(15(2)20)21-12-6-10-16-8-3-4-11-18(16)21/h3-5,7-9,11,13,15,19H,6,10,12,20H2,1-2H3. The number of benzene rings is 2. The van der Waals surface area contributed by atoms with E-state index in [1.165, 1.54) is 35.2 Å². The summed E-state index contributed by atoms with van der Waals surface area (Å²) in [5, 5.41) is 0. The average molecular weight is 280 g/mol. The minimum Gasteiger partial charge on any atom is -0.363 e. The molecule has 2 aromatic carbocycles. The van der Waals surface area contributed by atoms with Crippen LogP contribution in [0.15, 0.2) is 48.5 Å². The molecule has 1 aliphatic heterocycles. The lowest BCUT2D eigenvalue weighted by Gasteiger charge is -2.40. The van der Waals surface area contributed by atoms with Gasteiger partial charge in [0.2, 0.25) is 0 Å². The Kier molecular flexibility index (Phi) is 3.98. The molecular formula is C19H24N2. The summed E-state index contributed by atoms with van der Waals surface area (Å²) in [6, 6.07) is 17.8. The van der Waals surface area contributed by atoms with E-state index >= 15 is 0 Å². The predicted molar refractivity (Wildman–Crippen MR) is 89.7 cm³/mol. The fraction of sp³-hybridized carbons (Fsp3) is 0.368. The van der Waals surface area contributed by atoms with Crippen molar-refractivity contribution in [2.75, 3.05) is 11.4 Å². The Morgan fingerprint density at radius 2 is 1.90 bits per heavy atom. The lowest BCUT2D eigenvalue weighted by atomic mass is 9.93. The first kappa shape index (κ1) is 14.2. The first-order valence-corrected chi connectivity index (χ1v) is 7.83. The summed E-state index contributed by atoms with van der Waals surface area (Å²) < 4.78 is 0. The number of para-hydroxylation sites is 1. The van der Waals surface area contributed by atoms with Crippen molar-refractivity contribution in [1.29, 1.82) is 0 Å². The average Bonchev–Trinajstić information content (AvgIpc) is 2.47. The molecule has 0 saturated heterocycles. The molecule has 2 N–H and O–H groups in total. The highest BCUT2D eigenvalue weighted by atomic mass is 15.2. The van der Waals surface area contributed by atoms with Crippen molar-refractivity contribution < 1.29 is 0 Å². The van der Waals surface area contributed by atoms with Crippen molar-refractivity contribution in [3.63, 3.8) is 0 Å². The molecule has 21 heavy (non-hydrogen) atoms. The van der Waals surface area contributed by atoms with Crippen molar-refractivity contribution >= 4 is 5.69 Å². The molecule has 0 fully saturated rings. The van der Waals surface area contributed by atoms with Crippen molar-refractivity contribution in [3.8, 4) is 0 Å². The summed E-state index contributed by atoms with van der Waals surface area (Å²) >= 11 is 0. The summed E-state index contributed by atoms with van der Waals surface area (Å²) in [5.74, 6) is 0. The minimum atomic E-state index is 0.0953. The van der Waals surface area contributed by atoms with E-state index in [-0.39, 0.29) is 12.1 Å². The second kappa shape index (κ2) is 5.90. The molecule has 3 rings (SSSR count). The van der Waals surface area contributed by atoms with Gasteiger partial charge in [0, 0.05) is 18.3 Å². The summed E-state index contributed by atoms with van der Waals surface area (Å²) in [7, 11) is 0. The van der Waals surface area contributed by atoms with Gasteiger partial charge in [0.25, 0.3) is 0 Å².